The van der Waals surface area contributed by atoms with Crippen LogP contribution in [-0.4, -0.2) is 29.6 Å². The number of nitrogens with zero attached hydrogens (tertiary/aromatic N) is 3. The Balaban J connectivity index is 2.13. The van der Waals surface area contributed by atoms with Crippen LogP contribution < -0.4 is 11.5 Å². The first-order chi connectivity index (χ1) is 13.7. The molecule has 0 unspecified atom stereocenters. The van der Waals surface area contributed by atoms with Gasteiger partial charge < -0.3 is 11.5 Å². The van der Waals surface area contributed by atoms with Crippen LogP contribution in [0, 0.1) is 18.8 Å². The second-order valence-electron chi connectivity index (χ2n) is 6.56. The number of sulfone groups is 1. The van der Waals surface area contributed by atoms with E-state index in [1.165, 1.54) is 12.1 Å². The Morgan fingerprint density at radius 3 is 2.38 bits per heavy atom. The number of hydrogen-bond donors (Lipinski definition) is 2. The summed E-state index contributed by atoms with van der Waals surface area (Å²) in [6.07, 6.45) is 3.58. The van der Waals surface area contributed by atoms with Crippen molar-refractivity contribution < 1.29 is 8.42 Å². The third kappa shape index (κ3) is 4.52. The number of aryl methyl sites for hydroxylation is 2. The minimum Gasteiger partial charge on any atom is -0.384 e. The van der Waals surface area contributed by atoms with Crippen LogP contribution in [0.1, 0.15) is 29.3 Å². The molecule has 2 aromatic heterocycles. The van der Waals surface area contributed by atoms with Gasteiger partial charge in [0.2, 0.25) is 5.95 Å². The highest BCUT2D eigenvalue weighted by Crippen LogP contribution is 2.25. The van der Waals surface area contributed by atoms with E-state index in [1.807, 2.05) is 6.92 Å². The van der Waals surface area contributed by atoms with Gasteiger partial charge in [0.05, 0.1) is 21.8 Å². The lowest BCUT2D eigenvalue weighted by atomic mass is 10.0. The summed E-state index contributed by atoms with van der Waals surface area (Å²) >= 11 is 0. The van der Waals surface area contributed by atoms with Gasteiger partial charge in [-0.3, -0.25) is 0 Å². The zero-order chi connectivity index (χ0) is 21.2. The lowest BCUT2D eigenvalue weighted by molar-refractivity contribution is 0.602. The molecule has 4 N–H and O–H groups in total. The molecule has 0 saturated carbocycles. The van der Waals surface area contributed by atoms with Crippen LogP contribution in [0.5, 0.6) is 0 Å². The zero-order valence-electron chi connectivity index (χ0n) is 16.4. The number of pyridine rings is 1. The number of anilines is 2. The Kier molecular flexibility index (Phi) is 5.52. The van der Waals surface area contributed by atoms with Gasteiger partial charge in [0.1, 0.15) is 5.82 Å². The third-order valence-corrected chi connectivity index (χ3v) is 5.51. The largest absolute Gasteiger partial charge is 0.384 e. The Morgan fingerprint density at radius 1 is 1.07 bits per heavy atom. The van der Waals surface area contributed by atoms with Gasteiger partial charge in [0, 0.05) is 23.6 Å². The Bertz CT molecular complexity index is 1240. The van der Waals surface area contributed by atoms with E-state index in [-0.39, 0.29) is 10.8 Å². The second-order valence-corrected chi connectivity index (χ2v) is 8.57. The highest BCUT2D eigenvalue weighted by molar-refractivity contribution is 7.90. The predicted octanol–water partition coefficient (Wildman–Crippen LogP) is 2.38. The molecule has 0 fully saturated rings. The zero-order valence-corrected chi connectivity index (χ0v) is 17.2. The molecule has 0 aliphatic rings. The molecule has 3 aromatic rings. The van der Waals surface area contributed by atoms with E-state index < -0.39 is 9.84 Å². The van der Waals surface area contributed by atoms with E-state index in [0.29, 0.717) is 28.3 Å². The number of rotatable bonds is 3. The lowest BCUT2D eigenvalue weighted by Crippen LogP contribution is -2.03. The van der Waals surface area contributed by atoms with Crippen LogP contribution in [0.3, 0.4) is 0 Å². The monoisotopic (exact) mass is 407 g/mol. The fourth-order valence-electron chi connectivity index (χ4n) is 2.86. The minimum absolute atomic E-state index is 0.124. The van der Waals surface area contributed by atoms with Gasteiger partial charge in [-0.15, -0.1) is 0 Å². The highest BCUT2D eigenvalue weighted by atomic mass is 32.2. The number of hydrogen-bond acceptors (Lipinski definition) is 7. The smallest absolute Gasteiger partial charge is 0.220 e. The summed E-state index contributed by atoms with van der Waals surface area (Å²) in [6.45, 7) is 3.82. The Morgan fingerprint density at radius 2 is 1.76 bits per heavy atom. The SMILES string of the molecule is CCc1cc(N)ncc1C#Cc1c(C)nc(N)nc1-c1ccc(S(C)(=O)=O)cc1. The van der Waals surface area contributed by atoms with E-state index in [9.17, 15) is 8.42 Å². The molecule has 1 aromatic carbocycles. The van der Waals surface area contributed by atoms with Gasteiger partial charge in [-0.2, -0.15) is 0 Å². The summed E-state index contributed by atoms with van der Waals surface area (Å²) in [5, 5.41) is 0. The second kappa shape index (κ2) is 7.89. The van der Waals surface area contributed by atoms with Gasteiger partial charge in [-0.25, -0.2) is 23.4 Å². The molecular formula is C21H21N5O2S. The van der Waals surface area contributed by atoms with Crippen molar-refractivity contribution in [2.45, 2.75) is 25.2 Å². The highest BCUT2D eigenvalue weighted by Gasteiger charge is 2.13. The molecule has 0 amide bonds. The molecule has 8 heteroatoms. The molecule has 3 rings (SSSR count). The first kappa shape index (κ1) is 20.3. The maximum atomic E-state index is 11.7. The number of benzene rings is 1. The Hall–Kier alpha value is -3.44. The topological polar surface area (TPSA) is 125 Å². The van der Waals surface area contributed by atoms with Crippen molar-refractivity contribution in [2.24, 2.45) is 0 Å². The molecule has 2 heterocycles. The summed E-state index contributed by atoms with van der Waals surface area (Å²) in [7, 11) is -3.29. The summed E-state index contributed by atoms with van der Waals surface area (Å²) < 4.78 is 23.4. The molecule has 0 atom stereocenters. The molecule has 0 spiro atoms. The van der Waals surface area contributed by atoms with E-state index in [2.05, 4.69) is 26.8 Å². The molecule has 29 heavy (non-hydrogen) atoms. The lowest BCUT2D eigenvalue weighted by Gasteiger charge is -2.09. The van der Waals surface area contributed by atoms with Gasteiger partial charge >= 0.3 is 0 Å². The van der Waals surface area contributed by atoms with E-state index >= 15 is 0 Å². The van der Waals surface area contributed by atoms with Gasteiger partial charge in [-0.1, -0.05) is 30.9 Å². The van der Waals surface area contributed by atoms with Gasteiger partial charge in [0.25, 0.3) is 0 Å². The van der Waals surface area contributed by atoms with Crippen molar-refractivity contribution in [3.05, 3.63) is 58.9 Å². The van der Waals surface area contributed by atoms with E-state index in [4.69, 9.17) is 11.5 Å². The fourth-order valence-corrected chi connectivity index (χ4v) is 3.49. The van der Waals surface area contributed by atoms with Crippen LogP contribution in [0.25, 0.3) is 11.3 Å². The first-order valence-corrected chi connectivity index (χ1v) is 10.8. The minimum atomic E-state index is -3.29. The average Bonchev–Trinajstić information content (AvgIpc) is 2.67. The fraction of sp³-hybridized carbons (Fsp3) is 0.190. The van der Waals surface area contributed by atoms with Crippen LogP contribution in [0.15, 0.2) is 41.4 Å². The normalized spacial score (nSPS) is 11.0. The van der Waals surface area contributed by atoms with Gasteiger partial charge in [0.15, 0.2) is 9.84 Å². The van der Waals surface area contributed by atoms with Crippen LogP contribution in [0.4, 0.5) is 11.8 Å². The maximum absolute atomic E-state index is 11.7. The standard InChI is InChI=1S/C21H21N5O2S/c1-4-14-11-19(22)24-12-16(14)7-10-18-13(2)25-21(23)26-20(18)15-5-8-17(9-6-15)29(3,27)28/h5-6,8-9,11-12H,4H2,1-3H3,(H2,22,24)(H2,23,25,26). The number of aromatic nitrogens is 3. The third-order valence-electron chi connectivity index (χ3n) is 4.38. The van der Waals surface area contributed by atoms with Crippen molar-refractivity contribution in [2.75, 3.05) is 17.7 Å². The summed E-state index contributed by atoms with van der Waals surface area (Å²) in [5.41, 5.74) is 15.9. The molecule has 0 aliphatic heterocycles. The molecule has 7 nitrogen and oxygen atoms in total. The van der Waals surface area contributed by atoms with Crippen molar-refractivity contribution in [1.29, 1.82) is 0 Å². The van der Waals surface area contributed by atoms with Crippen LogP contribution >= 0.6 is 0 Å². The summed E-state index contributed by atoms with van der Waals surface area (Å²) in [6, 6.07) is 8.25. The van der Waals surface area contributed by atoms with Crippen molar-refractivity contribution in [1.82, 2.24) is 15.0 Å². The first-order valence-electron chi connectivity index (χ1n) is 8.90. The molecule has 0 radical (unpaired) electrons. The molecule has 148 valence electrons. The maximum Gasteiger partial charge on any atom is 0.220 e. The van der Waals surface area contributed by atoms with Crippen molar-refractivity contribution in [3.8, 4) is 23.1 Å². The number of nitrogens with two attached hydrogens (primary N) is 2. The predicted molar refractivity (Wildman–Crippen MR) is 114 cm³/mol. The molecule has 0 saturated heterocycles. The average molecular weight is 407 g/mol. The van der Waals surface area contributed by atoms with Crippen molar-refractivity contribution in [3.63, 3.8) is 0 Å². The van der Waals surface area contributed by atoms with Crippen LogP contribution in [-0.2, 0) is 16.3 Å². The molecular weight excluding hydrogens is 386 g/mol. The van der Waals surface area contributed by atoms with Crippen molar-refractivity contribution >= 4 is 21.6 Å². The summed E-state index contributed by atoms with van der Waals surface area (Å²) in [4.78, 5) is 12.9. The Labute approximate surface area is 170 Å². The van der Waals surface area contributed by atoms with E-state index in [0.717, 1.165) is 23.8 Å². The molecule has 0 aliphatic carbocycles. The molecule has 0 bridgehead atoms. The van der Waals surface area contributed by atoms with Crippen LogP contribution in [0.2, 0.25) is 0 Å². The quantitative estimate of drug-likeness (QED) is 0.639. The van der Waals surface area contributed by atoms with Gasteiger partial charge in [-0.05, 0) is 37.1 Å². The number of nitrogen functional groups attached to an aromatic ring is 2. The summed E-state index contributed by atoms with van der Waals surface area (Å²) in [5.74, 6) is 6.84. The van der Waals surface area contributed by atoms with E-state index in [1.54, 1.807) is 31.3 Å².